The normalized spacial score (nSPS) is 20.3. The number of carbonyl (C=O) groups is 1. The van der Waals surface area contributed by atoms with E-state index in [2.05, 4.69) is 10.0 Å². The van der Waals surface area contributed by atoms with Gasteiger partial charge in [0.25, 0.3) is 15.9 Å². The van der Waals surface area contributed by atoms with Crippen LogP contribution in [0.25, 0.3) is 0 Å². The van der Waals surface area contributed by atoms with E-state index in [0.717, 1.165) is 0 Å². The van der Waals surface area contributed by atoms with E-state index in [9.17, 15) is 18.3 Å². The molecule has 1 aliphatic rings. The van der Waals surface area contributed by atoms with Crippen LogP contribution in [0.1, 0.15) is 24.2 Å². The van der Waals surface area contributed by atoms with E-state index in [0.29, 0.717) is 18.8 Å². The summed E-state index contributed by atoms with van der Waals surface area (Å²) in [6.45, 7) is 4.60. The zero-order valence-corrected chi connectivity index (χ0v) is 18.7. The molecule has 8 nitrogen and oxygen atoms in total. The lowest BCUT2D eigenvalue weighted by Gasteiger charge is -2.37. The lowest BCUT2D eigenvalue weighted by Crippen LogP contribution is -2.49. The minimum atomic E-state index is -3.80. The number of amides is 1. The summed E-state index contributed by atoms with van der Waals surface area (Å²) >= 11 is 0. The van der Waals surface area contributed by atoms with Crippen molar-refractivity contribution >= 4 is 21.6 Å². The van der Waals surface area contributed by atoms with Gasteiger partial charge in [-0.3, -0.25) is 9.52 Å². The van der Waals surface area contributed by atoms with Gasteiger partial charge >= 0.3 is 0 Å². The summed E-state index contributed by atoms with van der Waals surface area (Å²) in [5.41, 5.74) is 0.511. The summed E-state index contributed by atoms with van der Waals surface area (Å²) in [4.78, 5) is 15.1. The van der Waals surface area contributed by atoms with Gasteiger partial charge in [-0.1, -0.05) is 25.1 Å². The molecule has 3 atom stereocenters. The van der Waals surface area contributed by atoms with Crippen molar-refractivity contribution in [1.82, 2.24) is 10.2 Å². The van der Waals surface area contributed by atoms with Crippen molar-refractivity contribution in [2.75, 3.05) is 31.5 Å². The molecule has 168 valence electrons. The Bertz CT molecular complexity index is 1010. The second-order valence-electron chi connectivity index (χ2n) is 7.81. The average molecular weight is 448 g/mol. The molecule has 0 fully saturated rings. The quantitative estimate of drug-likeness (QED) is 0.599. The molecule has 2 aromatic carbocycles. The van der Waals surface area contributed by atoms with E-state index in [-0.39, 0.29) is 46.7 Å². The summed E-state index contributed by atoms with van der Waals surface area (Å²) in [7, 11) is -1.97. The first kappa shape index (κ1) is 23.1. The first-order valence-corrected chi connectivity index (χ1v) is 11.7. The van der Waals surface area contributed by atoms with Crippen LogP contribution in [0, 0.1) is 5.92 Å². The monoisotopic (exact) mass is 447 g/mol. The van der Waals surface area contributed by atoms with Gasteiger partial charge in [0.05, 0.1) is 23.1 Å². The maximum atomic E-state index is 13.3. The standard InChI is InChI=1S/C22H29N3O5S/c1-15-13-25(16(2)14-26)22(27)19-11-17(9-10-20(19)30-21(15)12-23-3)24-31(28,29)18-7-5-4-6-8-18/h4-11,15-16,21,23-24,26H,12-14H2,1-3H3/t15-,16-,21-/m0/s1. The number of hydrogen-bond acceptors (Lipinski definition) is 6. The van der Waals surface area contributed by atoms with Gasteiger partial charge in [-0.05, 0) is 44.3 Å². The maximum absolute atomic E-state index is 13.3. The van der Waals surface area contributed by atoms with Gasteiger partial charge in [0.1, 0.15) is 11.9 Å². The van der Waals surface area contributed by atoms with Gasteiger partial charge in [0.2, 0.25) is 0 Å². The lowest BCUT2D eigenvalue weighted by molar-refractivity contribution is 0.0416. The van der Waals surface area contributed by atoms with Crippen molar-refractivity contribution in [2.24, 2.45) is 5.92 Å². The predicted octanol–water partition coefficient (Wildman–Crippen LogP) is 1.93. The molecule has 0 spiro atoms. The highest BCUT2D eigenvalue weighted by Gasteiger charge is 2.33. The number of hydrogen-bond donors (Lipinski definition) is 3. The van der Waals surface area contributed by atoms with Crippen LogP contribution >= 0.6 is 0 Å². The van der Waals surface area contributed by atoms with E-state index < -0.39 is 10.0 Å². The van der Waals surface area contributed by atoms with E-state index >= 15 is 0 Å². The van der Waals surface area contributed by atoms with Crippen molar-refractivity contribution in [3.63, 3.8) is 0 Å². The molecule has 1 heterocycles. The van der Waals surface area contributed by atoms with E-state index in [1.807, 2.05) is 14.0 Å². The number of benzene rings is 2. The van der Waals surface area contributed by atoms with Crippen LogP contribution in [-0.4, -0.2) is 63.2 Å². The molecule has 0 radical (unpaired) electrons. The van der Waals surface area contributed by atoms with Crippen molar-refractivity contribution < 1.29 is 23.1 Å². The van der Waals surface area contributed by atoms with Crippen LogP contribution in [0.3, 0.4) is 0 Å². The Kier molecular flexibility index (Phi) is 7.19. The number of likely N-dealkylation sites (N-methyl/N-ethyl adjacent to an activating group) is 1. The zero-order chi connectivity index (χ0) is 22.6. The molecule has 1 amide bonds. The summed E-state index contributed by atoms with van der Waals surface area (Å²) in [6.07, 6.45) is -0.197. The van der Waals surface area contributed by atoms with Gasteiger partial charge in [-0.15, -0.1) is 0 Å². The minimum absolute atomic E-state index is 0.0230. The molecule has 2 aromatic rings. The molecule has 1 aliphatic heterocycles. The van der Waals surface area contributed by atoms with Gasteiger partial charge < -0.3 is 20.1 Å². The Balaban J connectivity index is 2.00. The van der Waals surface area contributed by atoms with Gasteiger partial charge in [0.15, 0.2) is 0 Å². The average Bonchev–Trinajstić information content (AvgIpc) is 2.76. The highest BCUT2D eigenvalue weighted by molar-refractivity contribution is 7.92. The number of rotatable bonds is 7. The fourth-order valence-electron chi connectivity index (χ4n) is 3.54. The van der Waals surface area contributed by atoms with Crippen LogP contribution in [0.4, 0.5) is 5.69 Å². The van der Waals surface area contributed by atoms with Crippen molar-refractivity contribution in [3.8, 4) is 5.75 Å². The number of anilines is 1. The maximum Gasteiger partial charge on any atom is 0.261 e. The Hall–Kier alpha value is -2.62. The third-order valence-electron chi connectivity index (χ3n) is 5.38. The highest BCUT2D eigenvalue weighted by atomic mass is 32.2. The topological polar surface area (TPSA) is 108 Å². The van der Waals surface area contributed by atoms with Crippen LogP contribution < -0.4 is 14.8 Å². The Morgan fingerprint density at radius 2 is 1.94 bits per heavy atom. The fourth-order valence-corrected chi connectivity index (χ4v) is 4.62. The Labute approximate surface area is 183 Å². The number of carbonyl (C=O) groups excluding carboxylic acids is 1. The summed E-state index contributed by atoms with van der Waals surface area (Å²) in [6, 6.07) is 12.3. The lowest BCUT2D eigenvalue weighted by atomic mass is 9.99. The fraction of sp³-hybridized carbons (Fsp3) is 0.409. The van der Waals surface area contributed by atoms with Crippen LogP contribution in [-0.2, 0) is 10.0 Å². The molecule has 3 rings (SSSR count). The molecule has 31 heavy (non-hydrogen) atoms. The number of nitrogens with zero attached hydrogens (tertiary/aromatic N) is 1. The smallest absolute Gasteiger partial charge is 0.261 e. The molecule has 9 heteroatoms. The van der Waals surface area contributed by atoms with Gasteiger partial charge in [0, 0.05) is 24.7 Å². The van der Waals surface area contributed by atoms with Crippen LogP contribution in [0.5, 0.6) is 5.75 Å². The van der Waals surface area contributed by atoms with Crippen molar-refractivity contribution in [3.05, 3.63) is 54.1 Å². The first-order chi connectivity index (χ1) is 14.8. The third-order valence-corrected chi connectivity index (χ3v) is 6.77. The first-order valence-electron chi connectivity index (χ1n) is 10.2. The van der Waals surface area contributed by atoms with Crippen LogP contribution in [0.2, 0.25) is 0 Å². The molecule has 0 saturated heterocycles. The second-order valence-corrected chi connectivity index (χ2v) is 9.49. The van der Waals surface area contributed by atoms with E-state index in [4.69, 9.17) is 4.74 Å². The Morgan fingerprint density at radius 3 is 2.58 bits per heavy atom. The van der Waals surface area contributed by atoms with Gasteiger partial charge in [-0.25, -0.2) is 8.42 Å². The largest absolute Gasteiger partial charge is 0.488 e. The number of aliphatic hydroxyl groups is 1. The minimum Gasteiger partial charge on any atom is -0.488 e. The van der Waals surface area contributed by atoms with Gasteiger partial charge in [-0.2, -0.15) is 0 Å². The molecule has 3 N–H and O–H groups in total. The molecular formula is C22H29N3O5S. The highest BCUT2D eigenvalue weighted by Crippen LogP contribution is 2.31. The van der Waals surface area contributed by atoms with Crippen molar-refractivity contribution in [1.29, 1.82) is 0 Å². The van der Waals surface area contributed by atoms with Crippen molar-refractivity contribution in [2.45, 2.75) is 30.9 Å². The number of ether oxygens (including phenoxy) is 1. The Morgan fingerprint density at radius 1 is 1.23 bits per heavy atom. The number of fused-ring (bicyclic) bond motifs is 1. The molecule has 0 aromatic heterocycles. The molecular weight excluding hydrogens is 418 g/mol. The number of nitrogens with one attached hydrogen (secondary N) is 2. The predicted molar refractivity (Wildman–Crippen MR) is 119 cm³/mol. The molecule has 0 unspecified atom stereocenters. The molecule has 0 saturated carbocycles. The van der Waals surface area contributed by atoms with Crippen LogP contribution in [0.15, 0.2) is 53.4 Å². The SMILES string of the molecule is CNC[C@@H]1Oc2ccc(NS(=O)(=O)c3ccccc3)cc2C(=O)N([C@@H](C)CO)C[C@@H]1C. The summed E-state index contributed by atoms with van der Waals surface area (Å²) < 4.78 is 34.1. The molecule has 0 bridgehead atoms. The van der Waals surface area contributed by atoms with E-state index in [1.54, 1.807) is 42.2 Å². The summed E-state index contributed by atoms with van der Waals surface area (Å²) in [5, 5.41) is 12.8. The second kappa shape index (κ2) is 9.67. The number of sulfonamides is 1. The third kappa shape index (κ3) is 5.17. The molecule has 0 aliphatic carbocycles. The van der Waals surface area contributed by atoms with E-state index in [1.165, 1.54) is 18.2 Å². The summed E-state index contributed by atoms with van der Waals surface area (Å²) in [5.74, 6) is 0.0940. The number of aliphatic hydroxyl groups excluding tert-OH is 1. The zero-order valence-electron chi connectivity index (χ0n) is 17.9.